The standard InChI is InChI=1S/C21H25N3O6S/c1-13-10-17-18(30-14(2)20(25)23-17)11-19(13)31(27,28)24-7-5-15(6-8-24)21(26)22-12-16-4-3-9-29-16/h3-4,9-11,14-15H,5-8,12H2,1-2H3,(H,22,26)(H,23,25)/t14-/m1/s1. The zero-order chi connectivity index (χ0) is 22.2. The molecule has 10 heteroatoms. The van der Waals surface area contributed by atoms with E-state index in [0.717, 1.165) is 0 Å². The summed E-state index contributed by atoms with van der Waals surface area (Å²) in [5, 5.41) is 5.56. The summed E-state index contributed by atoms with van der Waals surface area (Å²) in [4.78, 5) is 24.4. The van der Waals surface area contributed by atoms with E-state index in [0.29, 0.717) is 42.1 Å². The molecule has 3 heterocycles. The number of anilines is 1. The molecule has 2 N–H and O–H groups in total. The smallest absolute Gasteiger partial charge is 0.265 e. The van der Waals surface area contributed by atoms with Gasteiger partial charge in [0.25, 0.3) is 5.91 Å². The number of carbonyl (C=O) groups excluding carboxylic acids is 2. The van der Waals surface area contributed by atoms with Crippen LogP contribution >= 0.6 is 0 Å². The molecular formula is C21H25N3O6S. The average molecular weight is 448 g/mol. The second-order valence-corrected chi connectivity index (χ2v) is 9.75. The molecule has 0 bridgehead atoms. The monoisotopic (exact) mass is 447 g/mol. The van der Waals surface area contributed by atoms with Gasteiger partial charge in [-0.3, -0.25) is 9.59 Å². The van der Waals surface area contributed by atoms with Crippen LogP contribution in [0.2, 0.25) is 0 Å². The zero-order valence-electron chi connectivity index (χ0n) is 17.4. The third-order valence-corrected chi connectivity index (χ3v) is 7.71. The molecule has 4 rings (SSSR count). The fourth-order valence-corrected chi connectivity index (χ4v) is 5.54. The van der Waals surface area contributed by atoms with Crippen LogP contribution < -0.4 is 15.4 Å². The van der Waals surface area contributed by atoms with Gasteiger partial charge in [0.1, 0.15) is 11.5 Å². The van der Waals surface area contributed by atoms with Crippen molar-refractivity contribution < 1.29 is 27.2 Å². The number of carbonyl (C=O) groups is 2. The van der Waals surface area contributed by atoms with E-state index in [1.54, 1.807) is 38.3 Å². The van der Waals surface area contributed by atoms with Gasteiger partial charge in [-0.15, -0.1) is 0 Å². The number of hydrogen-bond acceptors (Lipinski definition) is 6. The zero-order valence-corrected chi connectivity index (χ0v) is 18.2. The number of benzene rings is 1. The van der Waals surface area contributed by atoms with Crippen LogP contribution in [0.1, 0.15) is 31.1 Å². The predicted molar refractivity (Wildman–Crippen MR) is 112 cm³/mol. The van der Waals surface area contributed by atoms with Crippen LogP contribution in [0.15, 0.2) is 39.8 Å². The van der Waals surface area contributed by atoms with Gasteiger partial charge in [-0.2, -0.15) is 4.31 Å². The molecule has 0 spiro atoms. The molecule has 2 aliphatic heterocycles. The van der Waals surface area contributed by atoms with Crippen molar-refractivity contribution >= 4 is 27.5 Å². The lowest BCUT2D eigenvalue weighted by atomic mass is 9.97. The van der Waals surface area contributed by atoms with E-state index in [4.69, 9.17) is 9.15 Å². The first-order chi connectivity index (χ1) is 14.8. The molecule has 2 aromatic rings. The largest absolute Gasteiger partial charge is 0.479 e. The summed E-state index contributed by atoms with van der Waals surface area (Å²) in [7, 11) is -3.76. The van der Waals surface area contributed by atoms with Gasteiger partial charge in [0.2, 0.25) is 15.9 Å². The van der Waals surface area contributed by atoms with E-state index >= 15 is 0 Å². The van der Waals surface area contributed by atoms with Gasteiger partial charge in [0.05, 0.1) is 23.4 Å². The molecule has 1 saturated heterocycles. The van der Waals surface area contributed by atoms with Gasteiger partial charge in [-0.05, 0) is 50.5 Å². The van der Waals surface area contributed by atoms with Gasteiger partial charge in [-0.1, -0.05) is 0 Å². The van der Waals surface area contributed by atoms with Crippen LogP contribution in [0.4, 0.5) is 5.69 Å². The second-order valence-electron chi connectivity index (χ2n) is 7.84. The topological polar surface area (TPSA) is 118 Å². The fourth-order valence-electron chi connectivity index (χ4n) is 3.85. The molecule has 1 fully saturated rings. The summed E-state index contributed by atoms with van der Waals surface area (Å²) in [6.45, 7) is 4.12. The van der Waals surface area contributed by atoms with Crippen LogP contribution in [0.5, 0.6) is 5.75 Å². The molecule has 31 heavy (non-hydrogen) atoms. The van der Waals surface area contributed by atoms with Gasteiger partial charge in [-0.25, -0.2) is 8.42 Å². The Morgan fingerprint density at radius 3 is 2.71 bits per heavy atom. The predicted octanol–water partition coefficient (Wildman–Crippen LogP) is 2.02. The summed E-state index contributed by atoms with van der Waals surface area (Å²) in [5.41, 5.74) is 0.988. The van der Waals surface area contributed by atoms with Crippen molar-refractivity contribution in [3.63, 3.8) is 0 Å². The highest BCUT2D eigenvalue weighted by Gasteiger charge is 2.34. The van der Waals surface area contributed by atoms with E-state index in [2.05, 4.69) is 10.6 Å². The molecule has 1 aromatic carbocycles. The minimum absolute atomic E-state index is 0.100. The lowest BCUT2D eigenvalue weighted by Gasteiger charge is -2.31. The first-order valence-electron chi connectivity index (χ1n) is 10.2. The van der Waals surface area contributed by atoms with E-state index in [1.807, 2.05) is 0 Å². The molecular weight excluding hydrogens is 422 g/mol. The van der Waals surface area contributed by atoms with Gasteiger partial charge >= 0.3 is 0 Å². The molecule has 166 valence electrons. The number of amides is 2. The molecule has 0 radical (unpaired) electrons. The Morgan fingerprint density at radius 2 is 2.03 bits per heavy atom. The number of piperidine rings is 1. The van der Waals surface area contributed by atoms with E-state index in [1.165, 1.54) is 10.4 Å². The van der Waals surface area contributed by atoms with Crippen LogP contribution in [-0.4, -0.2) is 43.7 Å². The minimum Gasteiger partial charge on any atom is -0.479 e. The summed E-state index contributed by atoms with van der Waals surface area (Å²) in [6.07, 6.45) is 1.74. The van der Waals surface area contributed by atoms with Crippen molar-refractivity contribution in [3.05, 3.63) is 41.9 Å². The van der Waals surface area contributed by atoms with E-state index < -0.39 is 16.1 Å². The number of fused-ring (bicyclic) bond motifs is 1. The maximum Gasteiger partial charge on any atom is 0.265 e. The van der Waals surface area contributed by atoms with Crippen LogP contribution in [0.25, 0.3) is 0 Å². The van der Waals surface area contributed by atoms with Crippen molar-refractivity contribution in [2.45, 2.75) is 44.2 Å². The van der Waals surface area contributed by atoms with Crippen molar-refractivity contribution in [3.8, 4) is 5.75 Å². The number of sulfonamides is 1. The molecule has 2 amide bonds. The SMILES string of the molecule is Cc1cc2c(cc1S(=O)(=O)N1CCC(C(=O)NCc3ccco3)CC1)O[C@H](C)C(=O)N2. The van der Waals surface area contributed by atoms with Crippen LogP contribution in [-0.2, 0) is 26.2 Å². The van der Waals surface area contributed by atoms with Crippen molar-refractivity contribution in [1.29, 1.82) is 0 Å². The molecule has 0 aliphatic carbocycles. The Labute approximate surface area is 180 Å². The summed E-state index contributed by atoms with van der Waals surface area (Å²) in [5.74, 6) is 0.393. The van der Waals surface area contributed by atoms with Crippen molar-refractivity contribution in [1.82, 2.24) is 9.62 Å². The highest BCUT2D eigenvalue weighted by Crippen LogP contribution is 2.36. The minimum atomic E-state index is -3.76. The summed E-state index contributed by atoms with van der Waals surface area (Å²) >= 11 is 0. The number of furan rings is 1. The van der Waals surface area contributed by atoms with Gasteiger partial charge in [0.15, 0.2) is 6.10 Å². The Morgan fingerprint density at radius 1 is 1.29 bits per heavy atom. The third kappa shape index (κ3) is 4.31. The van der Waals surface area contributed by atoms with E-state index in [9.17, 15) is 18.0 Å². The lowest BCUT2D eigenvalue weighted by molar-refractivity contribution is -0.126. The molecule has 0 saturated carbocycles. The van der Waals surface area contributed by atoms with Crippen LogP contribution in [0.3, 0.4) is 0 Å². The highest BCUT2D eigenvalue weighted by atomic mass is 32.2. The maximum atomic E-state index is 13.3. The third-order valence-electron chi connectivity index (χ3n) is 5.67. The summed E-state index contributed by atoms with van der Waals surface area (Å²) in [6, 6.07) is 6.62. The van der Waals surface area contributed by atoms with Crippen molar-refractivity contribution in [2.75, 3.05) is 18.4 Å². The average Bonchev–Trinajstić information content (AvgIpc) is 3.26. The number of nitrogens with zero attached hydrogens (tertiary/aromatic N) is 1. The Bertz CT molecular complexity index is 1090. The van der Waals surface area contributed by atoms with Crippen LogP contribution in [0, 0.1) is 12.8 Å². The van der Waals surface area contributed by atoms with Gasteiger partial charge < -0.3 is 19.8 Å². The summed E-state index contributed by atoms with van der Waals surface area (Å²) < 4.78 is 38.7. The molecule has 2 aliphatic rings. The maximum absolute atomic E-state index is 13.3. The number of hydrogen-bond donors (Lipinski definition) is 2. The number of aryl methyl sites for hydroxylation is 1. The molecule has 1 atom stereocenters. The van der Waals surface area contributed by atoms with Crippen molar-refractivity contribution in [2.24, 2.45) is 5.92 Å². The number of rotatable bonds is 5. The number of ether oxygens (including phenoxy) is 1. The number of nitrogens with one attached hydrogen (secondary N) is 2. The molecule has 1 aromatic heterocycles. The quantitative estimate of drug-likeness (QED) is 0.724. The second kappa shape index (κ2) is 8.35. The first-order valence-corrected chi connectivity index (χ1v) is 11.6. The normalized spacial score (nSPS) is 19.9. The highest BCUT2D eigenvalue weighted by molar-refractivity contribution is 7.89. The Hall–Kier alpha value is -2.85. The van der Waals surface area contributed by atoms with Gasteiger partial charge in [0, 0.05) is 25.1 Å². The molecule has 0 unspecified atom stereocenters. The first kappa shape index (κ1) is 21.4. The Balaban J connectivity index is 1.43. The Kier molecular flexibility index (Phi) is 5.76. The molecule has 9 nitrogen and oxygen atoms in total. The van der Waals surface area contributed by atoms with E-state index in [-0.39, 0.29) is 35.7 Å². The fraction of sp³-hybridized carbons (Fsp3) is 0.429. The lowest BCUT2D eigenvalue weighted by Crippen LogP contribution is -2.43.